The molecule has 0 aliphatic heterocycles. The number of aromatic nitrogens is 1. The van der Waals surface area contributed by atoms with Gasteiger partial charge in [-0.15, -0.1) is 11.3 Å². The molecule has 0 spiro atoms. The molecule has 1 heterocycles. The molecular formula is C12H17NO4S. The van der Waals surface area contributed by atoms with Crippen molar-refractivity contribution in [1.82, 2.24) is 4.98 Å². The molecule has 0 amide bonds. The first-order chi connectivity index (χ1) is 8.35. The van der Waals surface area contributed by atoms with E-state index in [0.717, 1.165) is 11.3 Å². The molecule has 6 heteroatoms. The largest absolute Gasteiger partial charge is 0.476 e. The molecule has 0 radical (unpaired) electrons. The number of nitrogens with zero attached hydrogens (tertiary/aromatic N) is 1. The number of ether oxygens (including phenoxy) is 1. The van der Waals surface area contributed by atoms with Crippen molar-refractivity contribution in [2.24, 2.45) is 0 Å². The Bertz CT molecular complexity index is 437. The highest BCUT2D eigenvalue weighted by molar-refractivity contribution is 7.14. The van der Waals surface area contributed by atoms with Gasteiger partial charge in [0.2, 0.25) is 0 Å². The fourth-order valence-electron chi connectivity index (χ4n) is 1.56. The third-order valence-electron chi connectivity index (χ3n) is 2.74. The van der Waals surface area contributed by atoms with Crippen LogP contribution in [0, 0.1) is 0 Å². The number of carboxylic acids is 1. The standard InChI is InChI=1S/C12H17NO4S/c1-5-12(4,17-6-2)11-13-8(10(15)16)9(18-11)7(3)14/h5-6H2,1-4H3,(H,15,16). The van der Waals surface area contributed by atoms with Gasteiger partial charge in [0.05, 0.1) is 0 Å². The molecule has 1 rings (SSSR count). The molecule has 1 N–H and O–H groups in total. The third-order valence-corrected chi connectivity index (χ3v) is 4.14. The van der Waals surface area contributed by atoms with E-state index in [9.17, 15) is 9.59 Å². The van der Waals surface area contributed by atoms with Crippen molar-refractivity contribution in [2.45, 2.75) is 39.7 Å². The Morgan fingerprint density at radius 3 is 2.39 bits per heavy atom. The first kappa shape index (κ1) is 14.8. The Balaban J connectivity index is 3.30. The minimum absolute atomic E-state index is 0.178. The number of rotatable bonds is 6. The smallest absolute Gasteiger partial charge is 0.356 e. The summed E-state index contributed by atoms with van der Waals surface area (Å²) in [5, 5.41) is 9.58. The van der Waals surface area contributed by atoms with Crippen LogP contribution in [0.25, 0.3) is 0 Å². The van der Waals surface area contributed by atoms with Crippen molar-refractivity contribution in [2.75, 3.05) is 6.61 Å². The van der Waals surface area contributed by atoms with Gasteiger partial charge in [0.15, 0.2) is 11.5 Å². The van der Waals surface area contributed by atoms with Crippen LogP contribution in [-0.4, -0.2) is 28.4 Å². The van der Waals surface area contributed by atoms with Gasteiger partial charge in [-0.3, -0.25) is 4.79 Å². The zero-order chi connectivity index (χ0) is 13.9. The van der Waals surface area contributed by atoms with E-state index in [2.05, 4.69) is 4.98 Å². The lowest BCUT2D eigenvalue weighted by Gasteiger charge is -2.25. The second kappa shape index (κ2) is 5.58. The van der Waals surface area contributed by atoms with E-state index in [-0.39, 0.29) is 16.4 Å². The number of hydrogen-bond donors (Lipinski definition) is 1. The molecule has 0 fully saturated rings. The fraction of sp³-hybridized carbons (Fsp3) is 0.583. The third kappa shape index (κ3) is 2.76. The number of carboxylic acid groups (broad SMARTS) is 1. The molecule has 1 aromatic heterocycles. The van der Waals surface area contributed by atoms with Crippen LogP contribution in [0.3, 0.4) is 0 Å². The van der Waals surface area contributed by atoms with E-state index in [1.165, 1.54) is 6.92 Å². The summed E-state index contributed by atoms with van der Waals surface area (Å²) in [4.78, 5) is 26.7. The lowest BCUT2D eigenvalue weighted by atomic mass is 10.0. The van der Waals surface area contributed by atoms with Crippen molar-refractivity contribution in [1.29, 1.82) is 0 Å². The normalized spacial score (nSPS) is 14.2. The summed E-state index contributed by atoms with van der Waals surface area (Å²) in [6, 6.07) is 0. The Hall–Kier alpha value is -1.27. The highest BCUT2D eigenvalue weighted by Gasteiger charge is 2.32. The molecule has 0 aromatic carbocycles. The van der Waals surface area contributed by atoms with Gasteiger partial charge in [0.1, 0.15) is 15.5 Å². The maximum atomic E-state index is 11.4. The van der Waals surface area contributed by atoms with E-state index in [1.807, 2.05) is 20.8 Å². The summed E-state index contributed by atoms with van der Waals surface area (Å²) in [7, 11) is 0. The fourth-order valence-corrected chi connectivity index (χ4v) is 2.69. The Morgan fingerprint density at radius 1 is 1.44 bits per heavy atom. The van der Waals surface area contributed by atoms with Gasteiger partial charge < -0.3 is 9.84 Å². The van der Waals surface area contributed by atoms with Crippen LogP contribution in [0.1, 0.15) is 59.3 Å². The van der Waals surface area contributed by atoms with Crippen molar-refractivity contribution >= 4 is 23.1 Å². The molecule has 100 valence electrons. The summed E-state index contributed by atoms with van der Waals surface area (Å²) in [5.74, 6) is -1.47. The summed E-state index contributed by atoms with van der Waals surface area (Å²) < 4.78 is 5.64. The second-order valence-electron chi connectivity index (χ2n) is 4.08. The first-order valence-corrected chi connectivity index (χ1v) is 6.56. The molecular weight excluding hydrogens is 254 g/mol. The van der Waals surface area contributed by atoms with Gasteiger partial charge in [-0.1, -0.05) is 6.92 Å². The summed E-state index contributed by atoms with van der Waals surface area (Å²) in [6.07, 6.45) is 0.657. The maximum Gasteiger partial charge on any atom is 0.356 e. The van der Waals surface area contributed by atoms with Crippen molar-refractivity contribution in [3.63, 3.8) is 0 Å². The zero-order valence-corrected chi connectivity index (χ0v) is 11.8. The number of ketones is 1. The Morgan fingerprint density at radius 2 is 2.06 bits per heavy atom. The SMILES string of the molecule is CCOC(C)(CC)c1nc(C(=O)O)c(C(C)=O)s1. The molecule has 18 heavy (non-hydrogen) atoms. The second-order valence-corrected chi connectivity index (χ2v) is 5.07. The number of carbonyl (C=O) groups excluding carboxylic acids is 1. The van der Waals surface area contributed by atoms with E-state index in [0.29, 0.717) is 18.0 Å². The average molecular weight is 271 g/mol. The van der Waals surface area contributed by atoms with Crippen molar-refractivity contribution in [3.8, 4) is 0 Å². The zero-order valence-electron chi connectivity index (χ0n) is 10.9. The van der Waals surface area contributed by atoms with Gasteiger partial charge in [0.25, 0.3) is 0 Å². The molecule has 0 bridgehead atoms. The topological polar surface area (TPSA) is 76.5 Å². The van der Waals surface area contributed by atoms with Gasteiger partial charge in [-0.25, -0.2) is 9.78 Å². The van der Waals surface area contributed by atoms with E-state index in [4.69, 9.17) is 9.84 Å². The molecule has 1 atom stereocenters. The number of aromatic carboxylic acids is 1. The molecule has 0 saturated heterocycles. The van der Waals surface area contributed by atoms with Gasteiger partial charge in [0, 0.05) is 13.5 Å². The molecule has 0 aliphatic carbocycles. The molecule has 0 aliphatic rings. The number of thiazole rings is 1. The van der Waals surface area contributed by atoms with E-state index >= 15 is 0 Å². The molecule has 1 unspecified atom stereocenters. The summed E-state index contributed by atoms with van der Waals surface area (Å²) in [5.41, 5.74) is -0.820. The van der Waals surface area contributed by atoms with Crippen LogP contribution in [0.15, 0.2) is 0 Å². The van der Waals surface area contributed by atoms with Crippen LogP contribution in [0.2, 0.25) is 0 Å². The predicted molar refractivity (Wildman–Crippen MR) is 68.3 cm³/mol. The first-order valence-electron chi connectivity index (χ1n) is 5.75. The number of carbonyl (C=O) groups is 2. The number of Topliss-reactive ketones (excluding diaryl/α,β-unsaturated/α-hetero) is 1. The number of hydrogen-bond acceptors (Lipinski definition) is 5. The van der Waals surface area contributed by atoms with E-state index in [1.54, 1.807) is 0 Å². The minimum Gasteiger partial charge on any atom is -0.476 e. The monoisotopic (exact) mass is 271 g/mol. The van der Waals surface area contributed by atoms with Crippen LogP contribution in [0.4, 0.5) is 0 Å². The molecule has 5 nitrogen and oxygen atoms in total. The van der Waals surface area contributed by atoms with Crippen LogP contribution in [-0.2, 0) is 10.3 Å². The Kier molecular flexibility index (Phi) is 4.59. The average Bonchev–Trinajstić information content (AvgIpc) is 2.74. The van der Waals surface area contributed by atoms with Crippen LogP contribution >= 0.6 is 11.3 Å². The lowest BCUT2D eigenvalue weighted by Crippen LogP contribution is -2.25. The molecule has 1 aromatic rings. The summed E-state index contributed by atoms with van der Waals surface area (Å²) >= 11 is 1.10. The van der Waals surface area contributed by atoms with Crippen molar-refractivity contribution in [3.05, 3.63) is 15.6 Å². The Labute approximate surface area is 110 Å². The quantitative estimate of drug-likeness (QED) is 0.805. The summed E-state index contributed by atoms with van der Waals surface area (Å²) in [6.45, 7) is 7.50. The molecule has 0 saturated carbocycles. The van der Waals surface area contributed by atoms with Gasteiger partial charge in [-0.05, 0) is 20.3 Å². The van der Waals surface area contributed by atoms with Crippen molar-refractivity contribution < 1.29 is 19.4 Å². The maximum absolute atomic E-state index is 11.4. The highest BCUT2D eigenvalue weighted by atomic mass is 32.1. The van der Waals surface area contributed by atoms with Crippen LogP contribution < -0.4 is 0 Å². The van der Waals surface area contributed by atoms with Gasteiger partial charge >= 0.3 is 5.97 Å². The van der Waals surface area contributed by atoms with Gasteiger partial charge in [-0.2, -0.15) is 0 Å². The minimum atomic E-state index is -1.18. The predicted octanol–water partition coefficient (Wildman–Crippen LogP) is 2.71. The van der Waals surface area contributed by atoms with E-state index < -0.39 is 11.6 Å². The van der Waals surface area contributed by atoms with Crippen LogP contribution in [0.5, 0.6) is 0 Å². The lowest BCUT2D eigenvalue weighted by molar-refractivity contribution is -0.0325. The highest BCUT2D eigenvalue weighted by Crippen LogP contribution is 2.34.